The number of aryl methyl sites for hydroxylation is 1. The quantitative estimate of drug-likeness (QED) is 0.232. The number of carbonyl (C=O) groups is 2. The summed E-state index contributed by atoms with van der Waals surface area (Å²) in [5, 5.41) is 8.48. The van der Waals surface area contributed by atoms with Crippen LogP contribution in [0.4, 0.5) is 11.4 Å². The zero-order chi connectivity index (χ0) is 21.7. The van der Waals surface area contributed by atoms with Crippen LogP contribution in [0.15, 0.2) is 71.9 Å². The molecule has 0 fully saturated rings. The molecule has 0 saturated carbocycles. The van der Waals surface area contributed by atoms with Gasteiger partial charge in [0.2, 0.25) is 0 Å². The standard InChI is InChI=1S/C24H23ClN2O3/c1-4-30-24(29)22(16(3)26-20-13-12-18(25)14-15(20)2)23(28)27-21-11-7-9-17-8-5-6-10-19(17)21/h5-14,26H,4H2,1-3H3,(H,27,28). The molecule has 1 amide bonds. The second-order valence-corrected chi connectivity index (χ2v) is 7.22. The number of nitrogens with one attached hydrogen (secondary N) is 2. The molecular weight excluding hydrogens is 400 g/mol. The Morgan fingerprint density at radius 1 is 0.967 bits per heavy atom. The van der Waals surface area contributed by atoms with Crippen molar-refractivity contribution in [2.75, 3.05) is 17.2 Å². The summed E-state index contributed by atoms with van der Waals surface area (Å²) in [5.74, 6) is -1.23. The lowest BCUT2D eigenvalue weighted by Gasteiger charge is -2.16. The molecule has 0 saturated heterocycles. The highest BCUT2D eigenvalue weighted by Gasteiger charge is 2.24. The highest BCUT2D eigenvalue weighted by atomic mass is 35.5. The maximum atomic E-state index is 13.1. The summed E-state index contributed by atoms with van der Waals surface area (Å²) in [6, 6.07) is 18.7. The largest absolute Gasteiger partial charge is 0.462 e. The second-order valence-electron chi connectivity index (χ2n) is 6.79. The minimum atomic E-state index is -0.688. The molecule has 30 heavy (non-hydrogen) atoms. The van der Waals surface area contributed by atoms with Crippen LogP contribution in [-0.2, 0) is 14.3 Å². The van der Waals surface area contributed by atoms with E-state index in [0.717, 1.165) is 22.0 Å². The summed E-state index contributed by atoms with van der Waals surface area (Å²) in [6.07, 6.45) is 0. The van der Waals surface area contributed by atoms with Crippen molar-refractivity contribution in [2.24, 2.45) is 0 Å². The fourth-order valence-electron chi connectivity index (χ4n) is 3.17. The topological polar surface area (TPSA) is 67.4 Å². The molecule has 0 atom stereocenters. The van der Waals surface area contributed by atoms with Gasteiger partial charge in [0.25, 0.3) is 5.91 Å². The lowest BCUT2D eigenvalue weighted by Crippen LogP contribution is -2.25. The van der Waals surface area contributed by atoms with Crippen molar-refractivity contribution >= 4 is 45.6 Å². The minimum Gasteiger partial charge on any atom is -0.462 e. The molecule has 3 aromatic carbocycles. The number of fused-ring (bicyclic) bond motifs is 1. The van der Waals surface area contributed by atoms with Crippen molar-refractivity contribution < 1.29 is 14.3 Å². The molecule has 154 valence electrons. The predicted octanol–water partition coefficient (Wildman–Crippen LogP) is 5.69. The fourth-order valence-corrected chi connectivity index (χ4v) is 3.40. The van der Waals surface area contributed by atoms with E-state index < -0.39 is 11.9 Å². The molecule has 3 aromatic rings. The van der Waals surface area contributed by atoms with E-state index in [9.17, 15) is 9.59 Å². The van der Waals surface area contributed by atoms with E-state index in [1.807, 2.05) is 43.3 Å². The van der Waals surface area contributed by atoms with Gasteiger partial charge >= 0.3 is 5.97 Å². The van der Waals surface area contributed by atoms with Crippen molar-refractivity contribution in [1.82, 2.24) is 0 Å². The maximum Gasteiger partial charge on any atom is 0.345 e. The molecule has 0 aliphatic rings. The van der Waals surface area contributed by atoms with Gasteiger partial charge in [-0.3, -0.25) is 4.79 Å². The maximum absolute atomic E-state index is 13.1. The van der Waals surface area contributed by atoms with Gasteiger partial charge < -0.3 is 15.4 Å². The van der Waals surface area contributed by atoms with Crippen molar-refractivity contribution in [1.29, 1.82) is 0 Å². The van der Waals surface area contributed by atoms with Gasteiger partial charge in [0.05, 0.1) is 6.61 Å². The highest BCUT2D eigenvalue weighted by Crippen LogP contribution is 2.25. The number of hydrogen-bond acceptors (Lipinski definition) is 4. The Bertz CT molecular complexity index is 1130. The molecule has 0 unspecified atom stereocenters. The zero-order valence-corrected chi connectivity index (χ0v) is 17.8. The molecule has 3 rings (SSSR count). The summed E-state index contributed by atoms with van der Waals surface area (Å²) in [5.41, 5.74) is 2.56. The lowest BCUT2D eigenvalue weighted by atomic mass is 10.1. The SMILES string of the molecule is CCOC(=O)C(C(=O)Nc1cccc2ccccc12)=C(C)Nc1ccc(Cl)cc1C. The van der Waals surface area contributed by atoms with Gasteiger partial charge in [-0.2, -0.15) is 0 Å². The summed E-state index contributed by atoms with van der Waals surface area (Å²) in [6.45, 7) is 5.42. The van der Waals surface area contributed by atoms with Crippen LogP contribution in [0.2, 0.25) is 5.02 Å². The third-order valence-corrected chi connectivity index (χ3v) is 4.87. The summed E-state index contributed by atoms with van der Waals surface area (Å²) in [7, 11) is 0. The van der Waals surface area contributed by atoms with Crippen LogP contribution in [0.3, 0.4) is 0 Å². The van der Waals surface area contributed by atoms with Crippen LogP contribution >= 0.6 is 11.6 Å². The third kappa shape index (κ3) is 4.81. The average molecular weight is 423 g/mol. The minimum absolute atomic E-state index is 0.0841. The summed E-state index contributed by atoms with van der Waals surface area (Å²) >= 11 is 6.02. The molecule has 5 nitrogen and oxygen atoms in total. The first-order valence-electron chi connectivity index (χ1n) is 9.61. The van der Waals surface area contributed by atoms with Crippen LogP contribution in [-0.4, -0.2) is 18.5 Å². The van der Waals surface area contributed by atoms with Crippen molar-refractivity contribution in [3.05, 3.63) is 82.5 Å². The average Bonchev–Trinajstić information content (AvgIpc) is 2.71. The normalized spacial score (nSPS) is 11.6. The Morgan fingerprint density at radius 2 is 1.70 bits per heavy atom. The van der Waals surface area contributed by atoms with Crippen LogP contribution in [0.5, 0.6) is 0 Å². The van der Waals surface area contributed by atoms with Gasteiger partial charge in [0, 0.05) is 27.5 Å². The summed E-state index contributed by atoms with van der Waals surface area (Å²) in [4.78, 5) is 25.7. The molecule has 0 spiro atoms. The predicted molar refractivity (Wildman–Crippen MR) is 122 cm³/mol. The Morgan fingerprint density at radius 3 is 2.43 bits per heavy atom. The monoisotopic (exact) mass is 422 g/mol. The Labute approximate surface area is 180 Å². The molecule has 2 N–H and O–H groups in total. The first-order valence-corrected chi connectivity index (χ1v) is 9.98. The first kappa shape index (κ1) is 21.4. The third-order valence-electron chi connectivity index (χ3n) is 4.63. The number of ether oxygens (including phenoxy) is 1. The van der Waals surface area contributed by atoms with E-state index in [0.29, 0.717) is 16.4 Å². The number of hydrogen-bond donors (Lipinski definition) is 2. The number of halogens is 1. The van der Waals surface area contributed by atoms with Crippen LogP contribution in [0.1, 0.15) is 19.4 Å². The molecule has 6 heteroatoms. The Kier molecular flexibility index (Phi) is 6.75. The van der Waals surface area contributed by atoms with E-state index in [4.69, 9.17) is 16.3 Å². The Hall–Kier alpha value is -3.31. The van der Waals surface area contributed by atoms with Gasteiger partial charge in [0.15, 0.2) is 0 Å². The van der Waals surface area contributed by atoms with Crippen LogP contribution in [0.25, 0.3) is 10.8 Å². The molecule has 0 aromatic heterocycles. The summed E-state index contributed by atoms with van der Waals surface area (Å²) < 4.78 is 5.14. The number of anilines is 2. The molecule has 0 aliphatic carbocycles. The second kappa shape index (κ2) is 9.46. The molecular formula is C24H23ClN2O3. The molecule has 0 heterocycles. The van der Waals surface area contributed by atoms with Gasteiger partial charge in [0.1, 0.15) is 5.57 Å². The number of amides is 1. The lowest BCUT2D eigenvalue weighted by molar-refractivity contribution is -0.139. The van der Waals surface area contributed by atoms with E-state index >= 15 is 0 Å². The van der Waals surface area contributed by atoms with Gasteiger partial charge in [-0.25, -0.2) is 4.79 Å². The highest BCUT2D eigenvalue weighted by molar-refractivity contribution is 6.30. The van der Waals surface area contributed by atoms with E-state index in [-0.39, 0.29) is 12.2 Å². The number of carbonyl (C=O) groups excluding carboxylic acids is 2. The molecule has 0 aliphatic heterocycles. The number of esters is 1. The number of benzene rings is 3. The van der Waals surface area contributed by atoms with Gasteiger partial charge in [-0.1, -0.05) is 48.0 Å². The smallest absolute Gasteiger partial charge is 0.345 e. The van der Waals surface area contributed by atoms with Crippen LogP contribution in [0, 0.1) is 6.92 Å². The molecule has 0 bridgehead atoms. The van der Waals surface area contributed by atoms with Gasteiger partial charge in [-0.05, 0) is 56.0 Å². The van der Waals surface area contributed by atoms with Crippen molar-refractivity contribution in [3.8, 4) is 0 Å². The fraction of sp³-hybridized carbons (Fsp3) is 0.167. The van der Waals surface area contributed by atoms with Crippen LogP contribution < -0.4 is 10.6 Å². The Balaban J connectivity index is 1.96. The molecule has 0 radical (unpaired) electrons. The van der Waals surface area contributed by atoms with E-state index in [1.54, 1.807) is 38.1 Å². The number of rotatable bonds is 6. The van der Waals surface area contributed by atoms with E-state index in [1.165, 1.54) is 0 Å². The zero-order valence-electron chi connectivity index (χ0n) is 17.1. The first-order chi connectivity index (χ1) is 14.4. The van der Waals surface area contributed by atoms with Crippen molar-refractivity contribution in [2.45, 2.75) is 20.8 Å². The van der Waals surface area contributed by atoms with Gasteiger partial charge in [-0.15, -0.1) is 0 Å². The van der Waals surface area contributed by atoms with Crippen molar-refractivity contribution in [3.63, 3.8) is 0 Å². The number of allylic oxidation sites excluding steroid dienone is 1. The van der Waals surface area contributed by atoms with E-state index in [2.05, 4.69) is 10.6 Å².